The summed E-state index contributed by atoms with van der Waals surface area (Å²) in [6, 6.07) is 5.62. The van der Waals surface area contributed by atoms with Crippen LogP contribution in [0, 0.1) is 0 Å². The molecule has 0 radical (unpaired) electrons. The first kappa shape index (κ1) is 14.3. The Balaban J connectivity index is 2.27. The molecule has 2 aromatic rings. The third kappa shape index (κ3) is 2.88. The van der Waals surface area contributed by atoms with Crippen molar-refractivity contribution in [3.05, 3.63) is 48.0 Å². The summed E-state index contributed by atoms with van der Waals surface area (Å²) in [7, 11) is -1.89. The van der Waals surface area contributed by atoms with Gasteiger partial charge in [-0.05, 0) is 12.1 Å². The molecule has 6 nitrogen and oxygen atoms in total. The van der Waals surface area contributed by atoms with E-state index in [1.54, 1.807) is 24.0 Å². The molecule has 0 aliphatic carbocycles. The average Bonchev–Trinajstić information content (AvgIpc) is 2.82. The summed E-state index contributed by atoms with van der Waals surface area (Å²) in [5.74, 6) is -0.787. The summed E-state index contributed by atoms with van der Waals surface area (Å²) in [6.45, 7) is 0. The summed E-state index contributed by atoms with van der Waals surface area (Å²) in [6.07, 6.45) is 3.56. The van der Waals surface area contributed by atoms with E-state index in [-0.39, 0.29) is 22.6 Å². The van der Waals surface area contributed by atoms with Crippen molar-refractivity contribution in [1.29, 1.82) is 0 Å². The third-order valence-corrected chi connectivity index (χ3v) is 4.74. The zero-order chi connectivity index (χ0) is 14.8. The molecule has 0 aliphatic heterocycles. The van der Waals surface area contributed by atoms with Crippen molar-refractivity contribution < 1.29 is 18.3 Å². The SMILES string of the molecule is Cn1ccnc1CCS(=O)(=O)c1ccccc1C(=O)O. The maximum Gasteiger partial charge on any atom is 0.337 e. The summed E-state index contributed by atoms with van der Waals surface area (Å²) in [5.41, 5.74) is -0.202. The van der Waals surface area contributed by atoms with Gasteiger partial charge in [0.05, 0.1) is 16.2 Å². The number of aromatic carboxylic acids is 1. The fourth-order valence-corrected chi connectivity index (χ4v) is 3.34. The van der Waals surface area contributed by atoms with Crippen molar-refractivity contribution in [3.63, 3.8) is 0 Å². The summed E-state index contributed by atoms with van der Waals surface area (Å²) in [4.78, 5) is 15.0. The van der Waals surface area contributed by atoms with Crippen LogP contribution in [-0.4, -0.2) is 34.8 Å². The Hall–Kier alpha value is -2.15. The quantitative estimate of drug-likeness (QED) is 0.893. The highest BCUT2D eigenvalue weighted by atomic mass is 32.2. The van der Waals surface area contributed by atoms with Crippen LogP contribution >= 0.6 is 0 Å². The molecule has 7 heteroatoms. The largest absolute Gasteiger partial charge is 0.478 e. The Bertz CT molecular complexity index is 734. The Labute approximate surface area is 116 Å². The number of sulfone groups is 1. The van der Waals surface area contributed by atoms with Crippen LogP contribution in [-0.2, 0) is 23.3 Å². The number of hydrogen-bond donors (Lipinski definition) is 1. The summed E-state index contributed by atoms with van der Waals surface area (Å²) in [5, 5.41) is 9.04. The van der Waals surface area contributed by atoms with E-state index in [9.17, 15) is 13.2 Å². The van der Waals surface area contributed by atoms with Crippen molar-refractivity contribution in [1.82, 2.24) is 9.55 Å². The van der Waals surface area contributed by atoms with Crippen molar-refractivity contribution in [2.45, 2.75) is 11.3 Å². The van der Waals surface area contributed by atoms with E-state index in [4.69, 9.17) is 5.11 Å². The molecule has 0 bridgehead atoms. The van der Waals surface area contributed by atoms with E-state index in [1.807, 2.05) is 0 Å². The molecule has 0 saturated carbocycles. The van der Waals surface area contributed by atoms with Gasteiger partial charge in [-0.15, -0.1) is 0 Å². The first-order valence-corrected chi connectivity index (χ1v) is 7.58. The second-order valence-electron chi connectivity index (χ2n) is 4.32. The zero-order valence-electron chi connectivity index (χ0n) is 10.9. The van der Waals surface area contributed by atoms with E-state index in [0.29, 0.717) is 5.82 Å². The van der Waals surface area contributed by atoms with Crippen LogP contribution in [0.25, 0.3) is 0 Å². The van der Waals surface area contributed by atoms with Gasteiger partial charge in [0.1, 0.15) is 5.82 Å². The molecule has 1 aromatic heterocycles. The molecular formula is C13H14N2O4S. The molecule has 1 N–H and O–H groups in total. The maximum atomic E-state index is 12.3. The van der Waals surface area contributed by atoms with Crippen LogP contribution in [0.1, 0.15) is 16.2 Å². The zero-order valence-corrected chi connectivity index (χ0v) is 11.7. The lowest BCUT2D eigenvalue weighted by Gasteiger charge is -2.07. The lowest BCUT2D eigenvalue weighted by molar-refractivity contribution is 0.0692. The molecule has 106 valence electrons. The number of imidazole rings is 1. The van der Waals surface area contributed by atoms with Crippen LogP contribution < -0.4 is 0 Å². The van der Waals surface area contributed by atoms with Gasteiger partial charge < -0.3 is 9.67 Å². The van der Waals surface area contributed by atoms with Gasteiger partial charge in [-0.2, -0.15) is 0 Å². The number of carboxylic acid groups (broad SMARTS) is 1. The van der Waals surface area contributed by atoms with Gasteiger partial charge in [-0.3, -0.25) is 0 Å². The highest BCUT2D eigenvalue weighted by Gasteiger charge is 2.22. The molecule has 20 heavy (non-hydrogen) atoms. The molecule has 2 rings (SSSR count). The lowest BCUT2D eigenvalue weighted by atomic mass is 10.2. The topological polar surface area (TPSA) is 89.3 Å². The number of benzene rings is 1. The number of carbonyl (C=O) groups is 1. The molecule has 0 spiro atoms. The number of aromatic nitrogens is 2. The molecular weight excluding hydrogens is 280 g/mol. The fraction of sp³-hybridized carbons (Fsp3) is 0.231. The van der Waals surface area contributed by atoms with Gasteiger partial charge in [0.25, 0.3) is 0 Å². The lowest BCUT2D eigenvalue weighted by Crippen LogP contribution is -2.15. The molecule has 0 saturated heterocycles. The summed E-state index contributed by atoms with van der Waals surface area (Å²) >= 11 is 0. The van der Waals surface area contributed by atoms with Crippen LogP contribution in [0.15, 0.2) is 41.6 Å². The van der Waals surface area contributed by atoms with E-state index in [0.717, 1.165) is 0 Å². The van der Waals surface area contributed by atoms with Crippen molar-refractivity contribution in [2.24, 2.45) is 7.05 Å². The number of hydrogen-bond acceptors (Lipinski definition) is 4. The second kappa shape index (κ2) is 5.46. The third-order valence-electron chi connectivity index (χ3n) is 2.97. The predicted octanol–water partition coefficient (Wildman–Crippen LogP) is 1.13. The molecule has 0 atom stereocenters. The van der Waals surface area contributed by atoms with Crippen LogP contribution in [0.2, 0.25) is 0 Å². The summed E-state index contributed by atoms with van der Waals surface area (Å²) < 4.78 is 26.3. The van der Waals surface area contributed by atoms with Crippen molar-refractivity contribution >= 4 is 15.8 Å². The van der Waals surface area contributed by atoms with Crippen molar-refractivity contribution in [3.8, 4) is 0 Å². The minimum atomic E-state index is -3.66. The van der Waals surface area contributed by atoms with E-state index >= 15 is 0 Å². The van der Waals surface area contributed by atoms with Crippen molar-refractivity contribution in [2.75, 3.05) is 5.75 Å². The predicted molar refractivity (Wildman–Crippen MR) is 72.4 cm³/mol. The van der Waals surface area contributed by atoms with E-state index in [1.165, 1.54) is 24.3 Å². The van der Waals surface area contributed by atoms with Gasteiger partial charge in [-0.1, -0.05) is 12.1 Å². The number of aryl methyl sites for hydroxylation is 2. The Morgan fingerprint density at radius 3 is 2.65 bits per heavy atom. The normalized spacial score (nSPS) is 11.4. The first-order chi connectivity index (χ1) is 9.42. The average molecular weight is 294 g/mol. The minimum absolute atomic E-state index is 0.151. The van der Waals surface area contributed by atoms with E-state index in [2.05, 4.69) is 4.98 Å². The Morgan fingerprint density at radius 2 is 2.05 bits per heavy atom. The van der Waals surface area contributed by atoms with Gasteiger partial charge in [0.15, 0.2) is 9.84 Å². The van der Waals surface area contributed by atoms with Crippen LogP contribution in [0.5, 0.6) is 0 Å². The first-order valence-electron chi connectivity index (χ1n) is 5.93. The van der Waals surface area contributed by atoms with Gasteiger partial charge in [-0.25, -0.2) is 18.2 Å². The highest BCUT2D eigenvalue weighted by molar-refractivity contribution is 7.91. The Morgan fingerprint density at radius 1 is 1.35 bits per heavy atom. The molecule has 1 heterocycles. The molecule has 0 fully saturated rings. The number of carboxylic acids is 1. The van der Waals surface area contributed by atoms with Gasteiger partial charge in [0.2, 0.25) is 0 Å². The Kier molecular flexibility index (Phi) is 3.89. The highest BCUT2D eigenvalue weighted by Crippen LogP contribution is 2.18. The van der Waals surface area contributed by atoms with Gasteiger partial charge >= 0.3 is 5.97 Å². The standard InChI is InChI=1S/C13H14N2O4S/c1-15-8-7-14-12(15)6-9-20(18,19)11-5-3-2-4-10(11)13(16)17/h2-5,7-8H,6,9H2,1H3,(H,16,17). The number of rotatable bonds is 5. The van der Waals surface area contributed by atoms with E-state index < -0.39 is 15.8 Å². The smallest absolute Gasteiger partial charge is 0.337 e. The molecule has 0 unspecified atom stereocenters. The second-order valence-corrected chi connectivity index (χ2v) is 6.40. The molecule has 1 aromatic carbocycles. The monoisotopic (exact) mass is 294 g/mol. The van der Waals surface area contributed by atoms with Gasteiger partial charge in [0, 0.05) is 25.9 Å². The van der Waals surface area contributed by atoms with Crippen LogP contribution in [0.3, 0.4) is 0 Å². The molecule has 0 amide bonds. The molecule has 0 aliphatic rings. The van der Waals surface area contributed by atoms with Crippen LogP contribution in [0.4, 0.5) is 0 Å². The number of nitrogens with zero attached hydrogens (tertiary/aromatic N) is 2. The fourth-order valence-electron chi connectivity index (χ4n) is 1.89. The maximum absolute atomic E-state index is 12.3. The minimum Gasteiger partial charge on any atom is -0.478 e.